The van der Waals surface area contributed by atoms with Gasteiger partial charge in [-0.1, -0.05) is 329 Å². The van der Waals surface area contributed by atoms with Crippen LogP contribution < -0.4 is 0 Å². The maximum atomic E-state index is 5.37. The summed E-state index contributed by atoms with van der Waals surface area (Å²) in [5.41, 5.74) is 20.2. The molecular formula is C103H152N12O4S2. The molecule has 4 aliphatic rings. The average molecular weight is 1690 g/mol. The SMILES string of the molecule is C=CC1=NC(C(C)(C)C)=CC1.C=CC1=NC(C(C)(C)C)=CC1.C=CC1=NCC(C(C)(C)C)=C1.C=CC1=NCC=C1C(C)(C)C.C=Cc1cc(C(C)(C)C)[nH]n1.C=Cc1cc(C(C)(C)C)on1.C=Cc1nc(C(C)(C)C)co1.C=Cc1nc(C(C)(C)C)cs1.C=Cc1ncc(C(C)(C)C)o1.C=Cc1nocc1C(C)(C)C.C=Cc1nscc1C(C)(C)C. The number of thiazole rings is 1. The molecule has 1 N–H and O–H groups in total. The highest BCUT2D eigenvalue weighted by Gasteiger charge is 2.27. The summed E-state index contributed by atoms with van der Waals surface area (Å²) in [5, 5.41) is 19.8. The molecule has 4 aliphatic heterocycles. The Kier molecular flexibility index (Phi) is 42.8. The molecule has 7 aromatic rings. The van der Waals surface area contributed by atoms with Crippen LogP contribution in [0, 0.1) is 21.7 Å². The van der Waals surface area contributed by atoms with Gasteiger partial charge in [0.2, 0.25) is 11.8 Å². The molecule has 7 aromatic heterocycles. The van der Waals surface area contributed by atoms with Gasteiger partial charge in [0.25, 0.3) is 0 Å². The molecule has 0 saturated carbocycles. The van der Waals surface area contributed by atoms with Crippen molar-refractivity contribution in [3.63, 3.8) is 0 Å². The third kappa shape index (κ3) is 39.7. The van der Waals surface area contributed by atoms with E-state index in [1.807, 2.05) is 36.4 Å². The van der Waals surface area contributed by atoms with Gasteiger partial charge in [0, 0.05) is 102 Å². The van der Waals surface area contributed by atoms with Crippen LogP contribution in [0.5, 0.6) is 0 Å². The predicted molar refractivity (Wildman–Crippen MR) is 530 cm³/mol. The van der Waals surface area contributed by atoms with Gasteiger partial charge in [-0.2, -0.15) is 9.47 Å². The van der Waals surface area contributed by atoms with Crippen molar-refractivity contribution in [1.82, 2.24) is 39.8 Å². The fourth-order valence-electron chi connectivity index (χ4n) is 10.1. The van der Waals surface area contributed by atoms with E-state index in [1.165, 1.54) is 39.6 Å². The standard InChI is InChI=1S/4C10H15N.C9H14N2.4C9H13NO.2C9H13NS/c1-5-9-6-8(7-11-9)10(2,3)4;1-5-9-8(6-7-11-9)10(2,3)4;2*1-5-8-6-7-9(11-8)10(2,3)4;1-5-7-6-8(11-10-7)9(2,3)4;1-5-8-10-7(6-11-8)9(2,3)4;1-5-8-10-6-7(11-8)9(2,3)4;1-5-8-7(6-11-10-8)9(2,3)4;1-5-7-6-8(11-10-7)9(2,3)4;1-5-8-10-7(6-11-8)9(2,3)4;1-5-8-7(6-11-10-8)9(2,3)4/h2*5-6H,1,7H2,2-4H3;2*5,7H,1,6H2,2-4H3;5-6H,1H2,2-4H3,(H,10,11);6*5-6H,1H2,2-4H3. The molecule has 0 aromatic carbocycles. The Morgan fingerprint density at radius 1 is 0.430 bits per heavy atom. The van der Waals surface area contributed by atoms with E-state index in [4.69, 9.17) is 17.9 Å². The summed E-state index contributed by atoms with van der Waals surface area (Å²) in [6, 6.07) is 3.93. The Labute approximate surface area is 739 Å². The van der Waals surface area contributed by atoms with Gasteiger partial charge in [0.05, 0.1) is 53.5 Å². The van der Waals surface area contributed by atoms with Gasteiger partial charge < -0.3 is 17.9 Å². The highest BCUT2D eigenvalue weighted by atomic mass is 32.1. The fourth-order valence-corrected chi connectivity index (χ4v) is 11.9. The Hall–Kier alpha value is -9.91. The largest absolute Gasteiger partial charge is 0.445 e. The van der Waals surface area contributed by atoms with Crippen LogP contribution in [0.15, 0.2) is 223 Å². The predicted octanol–water partition coefficient (Wildman–Crippen LogP) is 30.1. The molecule has 0 amide bonds. The zero-order chi connectivity index (χ0) is 93.3. The van der Waals surface area contributed by atoms with E-state index in [9.17, 15) is 0 Å². The maximum absolute atomic E-state index is 5.37. The first-order valence-electron chi connectivity index (χ1n) is 41.2. The highest BCUT2D eigenvalue weighted by molar-refractivity contribution is 7.10. The number of nitrogens with zero attached hydrogens (tertiary/aromatic N) is 11. The van der Waals surface area contributed by atoms with Crippen LogP contribution in [0.2, 0.25) is 0 Å². The molecule has 11 heterocycles. The van der Waals surface area contributed by atoms with Gasteiger partial charge in [0.15, 0.2) is 0 Å². The summed E-state index contributed by atoms with van der Waals surface area (Å²) in [7, 11) is 0. The van der Waals surface area contributed by atoms with E-state index < -0.39 is 0 Å². The Morgan fingerprint density at radius 2 is 0.959 bits per heavy atom. The first-order valence-corrected chi connectivity index (χ1v) is 42.9. The summed E-state index contributed by atoms with van der Waals surface area (Å²) in [6.45, 7) is 113. The molecule has 11 rings (SSSR count). The van der Waals surface area contributed by atoms with Gasteiger partial charge in [0.1, 0.15) is 40.4 Å². The number of oxazole rings is 2. The van der Waals surface area contributed by atoms with E-state index in [0.29, 0.717) is 11.8 Å². The molecule has 0 spiro atoms. The molecule has 18 heteroatoms. The van der Waals surface area contributed by atoms with Crippen LogP contribution >= 0.6 is 22.9 Å². The first-order chi connectivity index (χ1) is 55.5. The normalized spacial score (nSPS) is 13.8. The minimum absolute atomic E-state index is 0.0360. The monoisotopic (exact) mass is 1690 g/mol. The van der Waals surface area contributed by atoms with Crippen molar-refractivity contribution >= 4 is 88.2 Å². The maximum Gasteiger partial charge on any atom is 0.218 e. The van der Waals surface area contributed by atoms with E-state index in [1.54, 1.807) is 72.6 Å². The van der Waals surface area contributed by atoms with Crippen molar-refractivity contribution in [2.45, 2.75) is 279 Å². The molecule has 0 atom stereocenters. The number of aromatic nitrogens is 8. The van der Waals surface area contributed by atoms with Gasteiger partial charge in [-0.25, -0.2) is 15.0 Å². The summed E-state index contributed by atoms with van der Waals surface area (Å²) >= 11 is 3.14. The molecule has 0 aliphatic carbocycles. The second-order valence-corrected chi connectivity index (χ2v) is 41.8. The quantitative estimate of drug-likeness (QED) is 0.129. The van der Waals surface area contributed by atoms with Crippen molar-refractivity contribution in [2.24, 2.45) is 41.6 Å². The summed E-state index contributed by atoms with van der Waals surface area (Å²) in [6.07, 6.45) is 34.9. The van der Waals surface area contributed by atoms with Gasteiger partial charge in [-0.3, -0.25) is 25.1 Å². The van der Waals surface area contributed by atoms with E-state index >= 15 is 0 Å². The van der Waals surface area contributed by atoms with Crippen LogP contribution in [0.4, 0.5) is 0 Å². The number of allylic oxidation sites excluding steroid dienone is 10. The van der Waals surface area contributed by atoms with Crippen LogP contribution in [0.1, 0.15) is 321 Å². The van der Waals surface area contributed by atoms with E-state index in [2.05, 4.69) is 396 Å². The van der Waals surface area contributed by atoms with Crippen molar-refractivity contribution in [3.05, 3.63) is 264 Å². The fraction of sp³-hybridized carbons (Fsp3) is 0.466. The lowest BCUT2D eigenvalue weighted by atomic mass is 9.84. The molecular weight excluding hydrogens is 1530 g/mol. The molecule has 121 heavy (non-hydrogen) atoms. The number of rotatable bonds is 11. The molecule has 0 fully saturated rings. The van der Waals surface area contributed by atoms with Crippen molar-refractivity contribution in [1.29, 1.82) is 0 Å². The minimum Gasteiger partial charge on any atom is -0.445 e. The zero-order valence-corrected chi connectivity index (χ0v) is 82.3. The third-order valence-corrected chi connectivity index (χ3v) is 19.4. The molecule has 16 nitrogen and oxygen atoms in total. The first kappa shape index (κ1) is 109. The topological polar surface area (TPSA) is 208 Å². The number of H-pyrrole nitrogens is 1. The summed E-state index contributed by atoms with van der Waals surface area (Å²) < 4.78 is 24.6. The zero-order valence-electron chi connectivity index (χ0n) is 80.7. The van der Waals surface area contributed by atoms with Gasteiger partial charge in [-0.05, 0) is 129 Å². The number of nitrogens with one attached hydrogen (secondary N) is 1. The minimum atomic E-state index is 0.0360. The second kappa shape index (κ2) is 47.5. The number of aromatic amines is 1. The van der Waals surface area contributed by atoms with Crippen LogP contribution in [-0.2, 0) is 37.9 Å². The molecule has 0 unspecified atom stereocenters. The molecule has 0 saturated heterocycles. The lowest BCUT2D eigenvalue weighted by Gasteiger charge is -2.20. The van der Waals surface area contributed by atoms with Gasteiger partial charge >= 0.3 is 0 Å². The van der Waals surface area contributed by atoms with Crippen molar-refractivity contribution < 1.29 is 17.9 Å². The van der Waals surface area contributed by atoms with Crippen LogP contribution in [0.25, 0.3) is 42.5 Å². The summed E-state index contributed by atoms with van der Waals surface area (Å²) in [5.74, 6) is 2.98. The van der Waals surface area contributed by atoms with E-state index in [-0.39, 0.29) is 59.6 Å². The van der Waals surface area contributed by atoms with Gasteiger partial charge in [-0.15, -0.1) is 11.3 Å². The lowest BCUT2D eigenvalue weighted by Crippen LogP contribution is -2.14. The Balaban J connectivity index is 0.000000665. The number of hydrogen-bond acceptors (Lipinski definition) is 17. The number of aliphatic imine (C=N–C) groups is 4. The lowest BCUT2D eigenvalue weighted by molar-refractivity contribution is 0.328. The molecule has 660 valence electrons. The second-order valence-electron chi connectivity index (χ2n) is 40.3. The number of hydrogen-bond donors (Lipinski definition) is 1. The van der Waals surface area contributed by atoms with Crippen LogP contribution in [0.3, 0.4) is 0 Å². The van der Waals surface area contributed by atoms with Crippen molar-refractivity contribution in [3.8, 4) is 0 Å². The summed E-state index contributed by atoms with van der Waals surface area (Å²) in [4.78, 5) is 30.1. The van der Waals surface area contributed by atoms with E-state index in [0.717, 1.165) is 111 Å². The highest BCUT2D eigenvalue weighted by Crippen LogP contribution is 2.35. The smallest absolute Gasteiger partial charge is 0.218 e. The molecule has 0 radical (unpaired) electrons. The van der Waals surface area contributed by atoms with Crippen molar-refractivity contribution in [2.75, 3.05) is 13.1 Å². The third-order valence-electron chi connectivity index (χ3n) is 18.0. The Bertz CT molecular complexity index is 4340. The average Bonchev–Trinajstić information content (AvgIpc) is 1.71. The Morgan fingerprint density at radius 3 is 1.23 bits per heavy atom. The molecule has 0 bridgehead atoms. The van der Waals surface area contributed by atoms with Crippen LogP contribution in [-0.4, -0.2) is 75.8 Å².